The molecule has 0 unspecified atom stereocenters. The molecule has 6 nitrogen and oxygen atoms in total. The number of hydrogen-bond donors (Lipinski definition) is 2. The van der Waals surface area contributed by atoms with Gasteiger partial charge in [0.05, 0.1) is 5.75 Å². The molecule has 0 spiro atoms. The van der Waals surface area contributed by atoms with Gasteiger partial charge in [0.1, 0.15) is 11.0 Å². The van der Waals surface area contributed by atoms with Gasteiger partial charge in [-0.15, -0.1) is 6.58 Å². The SMILES string of the molecule is C=CCn1c(SCC(=O)Nc2ccccc2C)nc2c([nH]c3ccccc32)c1=O. The first-order chi connectivity index (χ1) is 14.1. The number of nitrogens with one attached hydrogen (secondary N) is 2. The molecule has 2 heterocycles. The normalized spacial score (nSPS) is 11.1. The van der Waals surface area contributed by atoms with Gasteiger partial charge in [0, 0.05) is 23.1 Å². The number of allylic oxidation sites excluding steroid dienone is 1. The van der Waals surface area contributed by atoms with E-state index in [1.54, 1.807) is 6.08 Å². The number of aryl methyl sites for hydroxylation is 1. The number of H-pyrrole nitrogens is 1. The van der Waals surface area contributed by atoms with Crippen molar-refractivity contribution in [2.24, 2.45) is 0 Å². The van der Waals surface area contributed by atoms with Crippen LogP contribution in [0.4, 0.5) is 5.69 Å². The van der Waals surface area contributed by atoms with Crippen LogP contribution in [0, 0.1) is 6.92 Å². The second kappa shape index (κ2) is 7.97. The lowest BCUT2D eigenvalue weighted by Gasteiger charge is -2.11. The van der Waals surface area contributed by atoms with Crippen LogP contribution < -0.4 is 10.9 Å². The Labute approximate surface area is 171 Å². The molecule has 1 amide bonds. The Morgan fingerprint density at radius 2 is 2.00 bits per heavy atom. The monoisotopic (exact) mass is 404 g/mol. The fourth-order valence-corrected chi connectivity index (χ4v) is 4.01. The van der Waals surface area contributed by atoms with E-state index in [9.17, 15) is 9.59 Å². The molecule has 4 aromatic rings. The highest BCUT2D eigenvalue weighted by Gasteiger charge is 2.16. The molecule has 29 heavy (non-hydrogen) atoms. The number of amides is 1. The fourth-order valence-electron chi connectivity index (χ4n) is 3.21. The van der Waals surface area contributed by atoms with Crippen molar-refractivity contribution in [3.63, 3.8) is 0 Å². The van der Waals surface area contributed by atoms with Crippen LogP contribution in [0.2, 0.25) is 0 Å². The molecule has 0 saturated heterocycles. The second-order valence-corrected chi connectivity index (χ2v) is 7.59. The van der Waals surface area contributed by atoms with Crippen molar-refractivity contribution in [1.29, 1.82) is 0 Å². The third-order valence-corrected chi connectivity index (χ3v) is 5.62. The highest BCUT2D eigenvalue weighted by atomic mass is 32.2. The Balaban J connectivity index is 1.66. The molecule has 0 aliphatic carbocycles. The topological polar surface area (TPSA) is 79.8 Å². The first-order valence-corrected chi connectivity index (χ1v) is 10.2. The van der Waals surface area contributed by atoms with Crippen molar-refractivity contribution >= 4 is 45.3 Å². The molecular formula is C22H20N4O2S. The van der Waals surface area contributed by atoms with Crippen molar-refractivity contribution in [2.45, 2.75) is 18.6 Å². The number of para-hydroxylation sites is 2. The van der Waals surface area contributed by atoms with E-state index < -0.39 is 0 Å². The van der Waals surface area contributed by atoms with Gasteiger partial charge in [-0.3, -0.25) is 14.2 Å². The number of hydrogen-bond acceptors (Lipinski definition) is 4. The van der Waals surface area contributed by atoms with Crippen LogP contribution >= 0.6 is 11.8 Å². The number of aromatic amines is 1. The summed E-state index contributed by atoms with van der Waals surface area (Å²) in [6.07, 6.45) is 1.65. The molecule has 0 aliphatic rings. The predicted octanol–water partition coefficient (Wildman–Crippen LogP) is 4.10. The van der Waals surface area contributed by atoms with Crippen molar-refractivity contribution in [2.75, 3.05) is 11.1 Å². The van der Waals surface area contributed by atoms with Crippen LogP contribution in [-0.2, 0) is 11.3 Å². The Kier molecular flexibility index (Phi) is 5.22. The van der Waals surface area contributed by atoms with E-state index >= 15 is 0 Å². The summed E-state index contributed by atoms with van der Waals surface area (Å²) in [6, 6.07) is 15.3. The smallest absolute Gasteiger partial charge is 0.278 e. The minimum atomic E-state index is -0.173. The number of anilines is 1. The zero-order chi connectivity index (χ0) is 20.4. The number of nitrogens with zero attached hydrogens (tertiary/aromatic N) is 2. The van der Waals surface area contributed by atoms with Crippen molar-refractivity contribution < 1.29 is 4.79 Å². The van der Waals surface area contributed by atoms with Gasteiger partial charge < -0.3 is 10.3 Å². The zero-order valence-corrected chi connectivity index (χ0v) is 16.8. The molecule has 7 heteroatoms. The molecule has 2 N–H and O–H groups in total. The van der Waals surface area contributed by atoms with Crippen LogP contribution in [0.3, 0.4) is 0 Å². The Morgan fingerprint density at radius 3 is 2.79 bits per heavy atom. The lowest BCUT2D eigenvalue weighted by atomic mass is 10.2. The number of aromatic nitrogens is 3. The Morgan fingerprint density at radius 1 is 1.24 bits per heavy atom. The lowest BCUT2D eigenvalue weighted by molar-refractivity contribution is -0.113. The predicted molar refractivity (Wildman–Crippen MR) is 119 cm³/mol. The fraction of sp³-hybridized carbons (Fsp3) is 0.136. The molecule has 0 atom stereocenters. The average Bonchev–Trinajstić information content (AvgIpc) is 3.09. The van der Waals surface area contributed by atoms with Gasteiger partial charge in [0.2, 0.25) is 5.91 Å². The minimum Gasteiger partial charge on any atom is -0.349 e. The molecule has 0 fully saturated rings. The molecular weight excluding hydrogens is 384 g/mol. The third-order valence-electron chi connectivity index (χ3n) is 4.64. The number of benzene rings is 2. The maximum atomic E-state index is 13.0. The highest BCUT2D eigenvalue weighted by molar-refractivity contribution is 7.99. The van der Waals surface area contributed by atoms with Crippen molar-refractivity contribution in [1.82, 2.24) is 14.5 Å². The van der Waals surface area contributed by atoms with E-state index in [-0.39, 0.29) is 17.2 Å². The third kappa shape index (κ3) is 3.69. The number of carbonyl (C=O) groups excluding carboxylic acids is 1. The van der Waals surface area contributed by atoms with Crippen LogP contribution in [0.1, 0.15) is 5.56 Å². The highest BCUT2D eigenvalue weighted by Crippen LogP contribution is 2.25. The molecule has 0 aliphatic heterocycles. The summed E-state index contributed by atoms with van der Waals surface area (Å²) in [7, 11) is 0. The second-order valence-electron chi connectivity index (χ2n) is 6.64. The van der Waals surface area contributed by atoms with Crippen LogP contribution in [0.15, 0.2) is 71.1 Å². The summed E-state index contributed by atoms with van der Waals surface area (Å²) in [5.41, 5.74) is 3.54. The molecule has 146 valence electrons. The maximum absolute atomic E-state index is 13.0. The first-order valence-electron chi connectivity index (χ1n) is 9.19. The minimum absolute atomic E-state index is 0.145. The van der Waals surface area contributed by atoms with E-state index in [0.29, 0.717) is 22.7 Å². The largest absolute Gasteiger partial charge is 0.349 e. The van der Waals surface area contributed by atoms with Crippen molar-refractivity contribution in [3.05, 3.63) is 77.1 Å². The van der Waals surface area contributed by atoms with Gasteiger partial charge in [0.15, 0.2) is 5.16 Å². The van der Waals surface area contributed by atoms with Crippen molar-refractivity contribution in [3.8, 4) is 0 Å². The van der Waals surface area contributed by atoms with Crippen LogP contribution in [0.5, 0.6) is 0 Å². The van der Waals surface area contributed by atoms with Crippen LogP contribution in [0.25, 0.3) is 21.9 Å². The summed E-state index contributed by atoms with van der Waals surface area (Å²) >= 11 is 1.24. The summed E-state index contributed by atoms with van der Waals surface area (Å²) in [5, 5.41) is 4.29. The molecule has 2 aromatic heterocycles. The van der Waals surface area contributed by atoms with Gasteiger partial charge in [-0.1, -0.05) is 54.2 Å². The Hall–Kier alpha value is -3.32. The molecule has 0 saturated carbocycles. The maximum Gasteiger partial charge on any atom is 0.278 e. The van der Waals surface area contributed by atoms with Gasteiger partial charge >= 0.3 is 0 Å². The van der Waals surface area contributed by atoms with E-state index in [4.69, 9.17) is 4.98 Å². The summed E-state index contributed by atoms with van der Waals surface area (Å²) in [6.45, 7) is 6.00. The molecule has 0 bridgehead atoms. The summed E-state index contributed by atoms with van der Waals surface area (Å²) < 4.78 is 1.54. The van der Waals surface area contributed by atoms with Gasteiger partial charge in [-0.2, -0.15) is 0 Å². The zero-order valence-electron chi connectivity index (χ0n) is 15.9. The van der Waals surface area contributed by atoms with E-state index in [1.807, 2.05) is 55.5 Å². The standard InChI is InChI=1S/C22H20N4O2S/c1-3-12-26-21(28)20-19(15-9-5-7-11-17(15)24-20)25-22(26)29-13-18(27)23-16-10-6-4-8-14(16)2/h3-11,24H,1,12-13H2,2H3,(H,23,27). The molecule has 4 rings (SSSR count). The number of rotatable bonds is 6. The Bertz CT molecular complexity index is 1290. The van der Waals surface area contributed by atoms with E-state index in [2.05, 4.69) is 16.9 Å². The summed E-state index contributed by atoms with van der Waals surface area (Å²) in [4.78, 5) is 33.3. The lowest BCUT2D eigenvalue weighted by Crippen LogP contribution is -2.24. The number of thioether (sulfide) groups is 1. The summed E-state index contributed by atoms with van der Waals surface area (Å²) in [5.74, 6) is -0.00563. The van der Waals surface area contributed by atoms with Gasteiger partial charge in [-0.05, 0) is 24.6 Å². The number of carbonyl (C=O) groups is 1. The van der Waals surface area contributed by atoms with E-state index in [0.717, 1.165) is 22.2 Å². The quantitative estimate of drug-likeness (QED) is 0.288. The van der Waals surface area contributed by atoms with Gasteiger partial charge in [0.25, 0.3) is 5.56 Å². The molecule has 2 aromatic carbocycles. The number of fused-ring (bicyclic) bond motifs is 3. The van der Waals surface area contributed by atoms with E-state index in [1.165, 1.54) is 16.3 Å². The molecule has 0 radical (unpaired) electrons. The van der Waals surface area contributed by atoms with Crippen LogP contribution in [-0.4, -0.2) is 26.2 Å². The average molecular weight is 404 g/mol. The van der Waals surface area contributed by atoms with Gasteiger partial charge in [-0.25, -0.2) is 4.98 Å². The first kappa shape index (κ1) is 19.0.